The van der Waals surface area contributed by atoms with Crippen molar-refractivity contribution in [1.82, 2.24) is 0 Å². The monoisotopic (exact) mass is 494 g/mol. The SMILES string of the molecule is C=CC(=O)OC[Si](O[Si](C)(C)C)(O[Si](C)(C)C)O[Si]1(C)CCC(C)(C)O[Si]1(C)C. The minimum atomic E-state index is -3.29. The van der Waals surface area contributed by atoms with Crippen molar-refractivity contribution >= 4 is 47.1 Å². The molecule has 1 aliphatic heterocycles. The summed E-state index contributed by atoms with van der Waals surface area (Å²) in [4.78, 5) is 11.9. The van der Waals surface area contributed by atoms with E-state index < -0.39 is 47.1 Å². The van der Waals surface area contributed by atoms with Gasteiger partial charge in [-0.15, -0.1) is 0 Å². The molecule has 1 rings (SSSR count). The van der Waals surface area contributed by atoms with Crippen molar-refractivity contribution in [2.75, 3.05) is 6.23 Å². The Labute approximate surface area is 183 Å². The van der Waals surface area contributed by atoms with Crippen LogP contribution in [-0.4, -0.2) is 58.9 Å². The van der Waals surface area contributed by atoms with E-state index in [0.717, 1.165) is 12.5 Å². The predicted octanol–water partition coefficient (Wildman–Crippen LogP) is 4.97. The minimum Gasteiger partial charge on any atom is -0.458 e. The molecule has 0 aromatic rings. The quantitative estimate of drug-likeness (QED) is 0.256. The van der Waals surface area contributed by atoms with Crippen LogP contribution in [0.5, 0.6) is 0 Å². The molecular formula is C18H42O6Si5. The van der Waals surface area contributed by atoms with E-state index in [1.165, 1.54) is 6.08 Å². The summed E-state index contributed by atoms with van der Waals surface area (Å²) in [5, 5.41) is 0. The van der Waals surface area contributed by atoms with Crippen LogP contribution in [0.15, 0.2) is 12.7 Å². The molecule has 6 nitrogen and oxygen atoms in total. The number of esters is 1. The van der Waals surface area contributed by atoms with E-state index in [9.17, 15) is 4.79 Å². The highest BCUT2D eigenvalue weighted by atomic mass is 29.3. The second kappa shape index (κ2) is 8.94. The largest absolute Gasteiger partial charge is 0.509 e. The summed E-state index contributed by atoms with van der Waals surface area (Å²) >= 11 is 0. The van der Waals surface area contributed by atoms with E-state index in [2.05, 4.69) is 79.3 Å². The normalized spacial score (nSPS) is 24.8. The molecule has 29 heavy (non-hydrogen) atoms. The fraction of sp³-hybridized carbons (Fsp3) is 0.833. The molecule has 0 bridgehead atoms. The molecule has 1 aliphatic rings. The van der Waals surface area contributed by atoms with Gasteiger partial charge in [-0.05, 0) is 85.2 Å². The molecule has 0 aromatic heterocycles. The molecule has 0 N–H and O–H groups in total. The number of hydrogen-bond donors (Lipinski definition) is 0. The van der Waals surface area contributed by atoms with Gasteiger partial charge in [-0.1, -0.05) is 6.58 Å². The summed E-state index contributed by atoms with van der Waals surface area (Å²) in [5.74, 6) is -0.479. The van der Waals surface area contributed by atoms with Crippen molar-refractivity contribution < 1.29 is 26.3 Å². The van der Waals surface area contributed by atoms with E-state index in [1.807, 2.05) is 0 Å². The van der Waals surface area contributed by atoms with Crippen LogP contribution >= 0.6 is 0 Å². The van der Waals surface area contributed by atoms with Crippen molar-refractivity contribution in [2.45, 2.75) is 90.8 Å². The van der Waals surface area contributed by atoms with Gasteiger partial charge in [0.05, 0.1) is 5.60 Å². The molecule has 0 spiro atoms. The maximum atomic E-state index is 11.9. The van der Waals surface area contributed by atoms with E-state index in [4.69, 9.17) is 21.5 Å². The maximum Gasteiger partial charge on any atom is 0.509 e. The van der Waals surface area contributed by atoms with Gasteiger partial charge in [-0.3, -0.25) is 0 Å². The van der Waals surface area contributed by atoms with Gasteiger partial charge in [-0.2, -0.15) is 0 Å². The van der Waals surface area contributed by atoms with E-state index in [0.29, 0.717) is 0 Å². The van der Waals surface area contributed by atoms with Crippen LogP contribution in [0, 0.1) is 0 Å². The Balaban J connectivity index is 3.39. The van der Waals surface area contributed by atoms with E-state index in [1.54, 1.807) is 0 Å². The van der Waals surface area contributed by atoms with Crippen LogP contribution in [-0.2, 0) is 26.3 Å². The lowest BCUT2D eigenvalue weighted by atomic mass is 10.1. The highest BCUT2D eigenvalue weighted by Crippen LogP contribution is 2.41. The van der Waals surface area contributed by atoms with Gasteiger partial charge in [0.15, 0.2) is 30.7 Å². The van der Waals surface area contributed by atoms with E-state index in [-0.39, 0.29) is 11.8 Å². The second-order valence-corrected chi connectivity index (χ2v) is 36.7. The molecule has 0 aromatic carbocycles. The van der Waals surface area contributed by atoms with Crippen LogP contribution < -0.4 is 0 Å². The van der Waals surface area contributed by atoms with Crippen LogP contribution in [0.3, 0.4) is 0 Å². The molecular weight excluding hydrogens is 453 g/mol. The molecule has 0 saturated carbocycles. The molecule has 1 saturated heterocycles. The standard InChI is InChI=1S/C18H42O6Si5/c1-13-17(19)20-16-29(22-25(4,5)6,23-26(7,8)9)24-28(12)15-14-18(2,3)21-27(28,10)11/h13H,1,14-16H2,2-12H3. The molecule has 1 atom stereocenters. The summed E-state index contributed by atoms with van der Waals surface area (Å²) in [5.41, 5.74) is -0.135. The average Bonchev–Trinajstić information content (AvgIpc) is 2.45. The van der Waals surface area contributed by atoms with Gasteiger partial charge in [0.2, 0.25) is 7.83 Å². The van der Waals surface area contributed by atoms with Crippen molar-refractivity contribution in [2.24, 2.45) is 0 Å². The van der Waals surface area contributed by atoms with Crippen molar-refractivity contribution in [3.8, 4) is 0 Å². The zero-order valence-electron chi connectivity index (χ0n) is 20.4. The third kappa shape index (κ3) is 8.29. The number of ether oxygens (including phenoxy) is 1. The lowest BCUT2D eigenvalue weighted by molar-refractivity contribution is -0.137. The third-order valence-corrected chi connectivity index (χ3v) is 30.2. The van der Waals surface area contributed by atoms with Crippen molar-refractivity contribution in [3.63, 3.8) is 0 Å². The van der Waals surface area contributed by atoms with Gasteiger partial charge in [0.1, 0.15) is 0 Å². The van der Waals surface area contributed by atoms with Gasteiger partial charge in [0, 0.05) is 6.08 Å². The first-order valence-corrected chi connectivity index (χ1v) is 25.6. The average molecular weight is 495 g/mol. The first kappa shape index (κ1) is 27.2. The molecule has 1 heterocycles. The Morgan fingerprint density at radius 2 is 1.55 bits per heavy atom. The van der Waals surface area contributed by atoms with Gasteiger partial charge in [0.25, 0.3) is 0 Å². The topological polar surface area (TPSA) is 63.2 Å². The van der Waals surface area contributed by atoms with Crippen molar-refractivity contribution in [1.29, 1.82) is 0 Å². The Kier molecular flexibility index (Phi) is 8.38. The summed E-state index contributed by atoms with van der Waals surface area (Å²) in [7, 11) is -11.9. The van der Waals surface area contributed by atoms with Crippen LogP contribution in [0.2, 0.25) is 65.0 Å². The molecule has 0 aliphatic carbocycles. The maximum absolute atomic E-state index is 11.9. The fourth-order valence-corrected chi connectivity index (χ4v) is 28.4. The van der Waals surface area contributed by atoms with Gasteiger partial charge < -0.3 is 21.5 Å². The zero-order valence-corrected chi connectivity index (χ0v) is 25.4. The third-order valence-electron chi connectivity index (χ3n) is 4.87. The van der Waals surface area contributed by atoms with E-state index >= 15 is 0 Å². The summed E-state index contributed by atoms with van der Waals surface area (Å²) in [6, 6.07) is 0.994. The lowest BCUT2D eigenvalue weighted by Crippen LogP contribution is -2.74. The summed E-state index contributed by atoms with van der Waals surface area (Å²) in [6.07, 6.45) is 2.15. The Bertz CT molecular complexity index is 595. The number of hydrogen-bond acceptors (Lipinski definition) is 6. The Morgan fingerprint density at radius 1 is 1.07 bits per heavy atom. The molecule has 11 heteroatoms. The smallest absolute Gasteiger partial charge is 0.458 e. The fourth-order valence-electron chi connectivity index (χ4n) is 3.51. The highest BCUT2D eigenvalue weighted by molar-refractivity contribution is 7.37. The highest BCUT2D eigenvalue weighted by Gasteiger charge is 2.62. The number of carbonyl (C=O) groups is 1. The minimum absolute atomic E-state index is 0.0306. The molecule has 0 radical (unpaired) electrons. The Hall–Kier alpha value is 0.134. The van der Waals surface area contributed by atoms with Crippen LogP contribution in [0.25, 0.3) is 0 Å². The first-order chi connectivity index (χ1) is 12.7. The second-order valence-electron chi connectivity index (χ2n) is 11.1. The molecule has 0 amide bonds. The van der Waals surface area contributed by atoms with Crippen LogP contribution in [0.1, 0.15) is 20.3 Å². The lowest BCUT2D eigenvalue weighted by Gasteiger charge is -2.53. The molecule has 1 fully saturated rings. The summed E-state index contributed by atoms with van der Waals surface area (Å²) in [6.45, 7) is 27.3. The molecule has 170 valence electrons. The van der Waals surface area contributed by atoms with Gasteiger partial charge >= 0.3 is 14.8 Å². The zero-order chi connectivity index (χ0) is 22.9. The summed E-state index contributed by atoms with van der Waals surface area (Å²) < 4.78 is 32.5. The van der Waals surface area contributed by atoms with Gasteiger partial charge in [-0.25, -0.2) is 4.79 Å². The van der Waals surface area contributed by atoms with Crippen molar-refractivity contribution in [3.05, 3.63) is 12.7 Å². The number of carbonyl (C=O) groups excluding carboxylic acids is 1. The predicted molar refractivity (Wildman–Crippen MR) is 131 cm³/mol. The number of rotatable bonds is 9. The van der Waals surface area contributed by atoms with Crippen LogP contribution in [0.4, 0.5) is 0 Å². The Morgan fingerprint density at radius 3 is 1.93 bits per heavy atom. The first-order valence-electron chi connectivity index (χ1n) is 10.3. The molecule has 1 unspecified atom stereocenters.